The lowest BCUT2D eigenvalue weighted by Gasteiger charge is -2.12. The predicted octanol–water partition coefficient (Wildman–Crippen LogP) is 4.98. The van der Waals surface area contributed by atoms with Crippen LogP contribution in [0.2, 0.25) is 0 Å². The fourth-order valence-corrected chi connectivity index (χ4v) is 3.05. The molecule has 1 nitrogen and oxygen atoms in total. The Morgan fingerprint density at radius 2 is 1.89 bits per heavy atom. The van der Waals surface area contributed by atoms with E-state index in [1.807, 2.05) is 19.2 Å². The summed E-state index contributed by atoms with van der Waals surface area (Å²) >= 11 is 10.0. The van der Waals surface area contributed by atoms with Crippen LogP contribution in [0.15, 0.2) is 41.0 Å². The van der Waals surface area contributed by atoms with Crippen molar-refractivity contribution in [2.45, 2.75) is 25.6 Å². The molecule has 0 fully saturated rings. The Balaban J connectivity index is 2.16. The van der Waals surface area contributed by atoms with Gasteiger partial charge in [-0.25, -0.2) is 0 Å². The summed E-state index contributed by atoms with van der Waals surface area (Å²) in [6.07, 6.45) is 2.62. The van der Waals surface area contributed by atoms with Gasteiger partial charge in [0, 0.05) is 22.8 Å². The standard InChI is InChI=1S/C15H15BrClN/c1-10-4-6-13(14(16)7-10)15(17)8-12-5-3-11(2)9-18-12/h3-7,9,15H,8H2,1-2H3. The van der Waals surface area contributed by atoms with Crippen molar-refractivity contribution in [1.29, 1.82) is 0 Å². The van der Waals surface area contributed by atoms with Crippen molar-refractivity contribution in [2.75, 3.05) is 0 Å². The Morgan fingerprint density at radius 1 is 1.17 bits per heavy atom. The maximum absolute atomic E-state index is 6.47. The molecule has 0 spiro atoms. The molecule has 0 radical (unpaired) electrons. The quantitative estimate of drug-likeness (QED) is 0.725. The first-order valence-electron chi connectivity index (χ1n) is 5.88. The molecule has 0 amide bonds. The minimum Gasteiger partial charge on any atom is -0.261 e. The summed E-state index contributed by atoms with van der Waals surface area (Å²) in [5.41, 5.74) is 4.53. The molecule has 0 aliphatic rings. The first-order valence-corrected chi connectivity index (χ1v) is 7.11. The highest BCUT2D eigenvalue weighted by Gasteiger charge is 2.13. The summed E-state index contributed by atoms with van der Waals surface area (Å²) in [4.78, 5) is 4.39. The van der Waals surface area contributed by atoms with E-state index >= 15 is 0 Å². The Morgan fingerprint density at radius 3 is 2.50 bits per heavy atom. The molecule has 1 aromatic carbocycles. The minimum atomic E-state index is -0.0600. The molecule has 18 heavy (non-hydrogen) atoms. The van der Waals surface area contributed by atoms with E-state index in [-0.39, 0.29) is 5.38 Å². The smallest absolute Gasteiger partial charge is 0.0651 e. The Kier molecular flexibility index (Phi) is 4.41. The van der Waals surface area contributed by atoms with Gasteiger partial charge < -0.3 is 0 Å². The van der Waals surface area contributed by atoms with Gasteiger partial charge in [0.15, 0.2) is 0 Å². The van der Waals surface area contributed by atoms with Crippen LogP contribution in [0.4, 0.5) is 0 Å². The number of rotatable bonds is 3. The van der Waals surface area contributed by atoms with E-state index in [0.29, 0.717) is 0 Å². The Labute approximate surface area is 121 Å². The van der Waals surface area contributed by atoms with E-state index in [4.69, 9.17) is 11.6 Å². The molecule has 0 bridgehead atoms. The highest BCUT2D eigenvalue weighted by Crippen LogP contribution is 2.31. The lowest BCUT2D eigenvalue weighted by Crippen LogP contribution is -1.99. The molecule has 3 heteroatoms. The molecule has 94 valence electrons. The van der Waals surface area contributed by atoms with Crippen molar-refractivity contribution in [3.05, 3.63) is 63.4 Å². The summed E-state index contributed by atoms with van der Waals surface area (Å²) < 4.78 is 1.06. The molecule has 2 aromatic rings. The van der Waals surface area contributed by atoms with Crippen LogP contribution in [0.25, 0.3) is 0 Å². The Hall–Kier alpha value is -0.860. The molecule has 1 aromatic heterocycles. The van der Waals surface area contributed by atoms with Crippen molar-refractivity contribution in [2.24, 2.45) is 0 Å². The SMILES string of the molecule is Cc1ccc(CC(Cl)c2ccc(C)cc2Br)nc1. The topological polar surface area (TPSA) is 12.9 Å². The molecule has 0 saturated carbocycles. The van der Waals surface area contributed by atoms with Gasteiger partial charge in [-0.2, -0.15) is 0 Å². The van der Waals surface area contributed by atoms with Gasteiger partial charge >= 0.3 is 0 Å². The van der Waals surface area contributed by atoms with Gasteiger partial charge in [-0.3, -0.25) is 4.98 Å². The number of pyridine rings is 1. The van der Waals surface area contributed by atoms with Gasteiger partial charge in [-0.15, -0.1) is 11.6 Å². The van der Waals surface area contributed by atoms with E-state index in [1.54, 1.807) is 0 Å². The monoisotopic (exact) mass is 323 g/mol. The molecular weight excluding hydrogens is 310 g/mol. The third-order valence-electron chi connectivity index (χ3n) is 2.85. The van der Waals surface area contributed by atoms with Crippen molar-refractivity contribution >= 4 is 27.5 Å². The molecule has 0 aliphatic heterocycles. The zero-order chi connectivity index (χ0) is 13.1. The van der Waals surface area contributed by atoms with Crippen molar-refractivity contribution < 1.29 is 0 Å². The lowest BCUT2D eigenvalue weighted by molar-refractivity contribution is 0.874. The number of hydrogen-bond acceptors (Lipinski definition) is 1. The molecule has 0 saturated heterocycles. The van der Waals surface area contributed by atoms with Crippen molar-refractivity contribution in [3.8, 4) is 0 Å². The number of aromatic nitrogens is 1. The van der Waals surface area contributed by atoms with Gasteiger partial charge in [0.2, 0.25) is 0 Å². The number of alkyl halides is 1. The van der Waals surface area contributed by atoms with Crippen molar-refractivity contribution in [1.82, 2.24) is 4.98 Å². The van der Waals surface area contributed by atoms with Crippen LogP contribution in [-0.4, -0.2) is 4.98 Å². The predicted molar refractivity (Wildman–Crippen MR) is 80.2 cm³/mol. The fraction of sp³-hybridized carbons (Fsp3) is 0.267. The average molecular weight is 325 g/mol. The van der Waals surface area contributed by atoms with E-state index in [2.05, 4.69) is 52.1 Å². The molecule has 1 heterocycles. The van der Waals surface area contributed by atoms with Gasteiger partial charge in [0.05, 0.1) is 5.38 Å². The zero-order valence-corrected chi connectivity index (χ0v) is 12.8. The summed E-state index contributed by atoms with van der Waals surface area (Å²) in [7, 11) is 0. The molecule has 1 unspecified atom stereocenters. The number of nitrogens with zero attached hydrogens (tertiary/aromatic N) is 1. The minimum absolute atomic E-state index is 0.0600. The van der Waals surface area contributed by atoms with Crippen LogP contribution >= 0.6 is 27.5 Å². The number of aryl methyl sites for hydroxylation is 2. The molecular formula is C15H15BrClN. The summed E-state index contributed by atoms with van der Waals surface area (Å²) in [6, 6.07) is 10.3. The van der Waals surface area contributed by atoms with E-state index in [0.717, 1.165) is 22.2 Å². The largest absolute Gasteiger partial charge is 0.261 e. The van der Waals surface area contributed by atoms with E-state index < -0.39 is 0 Å². The molecule has 2 rings (SSSR count). The van der Waals surface area contributed by atoms with Gasteiger partial charge in [-0.1, -0.05) is 34.1 Å². The van der Waals surface area contributed by atoms with E-state index in [1.165, 1.54) is 11.1 Å². The first-order chi connectivity index (χ1) is 8.56. The first kappa shape index (κ1) is 13.6. The van der Waals surface area contributed by atoms with Crippen LogP contribution in [0.1, 0.15) is 27.8 Å². The van der Waals surface area contributed by atoms with Gasteiger partial charge in [0.1, 0.15) is 0 Å². The maximum atomic E-state index is 6.47. The fourth-order valence-electron chi connectivity index (χ4n) is 1.80. The zero-order valence-electron chi connectivity index (χ0n) is 10.5. The van der Waals surface area contributed by atoms with Crippen LogP contribution in [0.5, 0.6) is 0 Å². The summed E-state index contributed by atoms with van der Waals surface area (Å²) in [5, 5.41) is -0.0600. The summed E-state index contributed by atoms with van der Waals surface area (Å²) in [5.74, 6) is 0. The highest BCUT2D eigenvalue weighted by molar-refractivity contribution is 9.10. The highest BCUT2D eigenvalue weighted by atomic mass is 79.9. The van der Waals surface area contributed by atoms with Crippen LogP contribution in [-0.2, 0) is 6.42 Å². The second-order valence-corrected chi connectivity index (χ2v) is 5.90. The third kappa shape index (κ3) is 3.33. The number of benzene rings is 1. The van der Waals surface area contributed by atoms with Crippen molar-refractivity contribution in [3.63, 3.8) is 0 Å². The molecule has 0 N–H and O–H groups in total. The second kappa shape index (κ2) is 5.85. The third-order valence-corrected chi connectivity index (χ3v) is 3.93. The number of halogens is 2. The number of hydrogen-bond donors (Lipinski definition) is 0. The Bertz CT molecular complexity index is 537. The van der Waals surface area contributed by atoms with Crippen LogP contribution in [0, 0.1) is 13.8 Å². The average Bonchev–Trinajstić information content (AvgIpc) is 2.32. The summed E-state index contributed by atoms with van der Waals surface area (Å²) in [6.45, 7) is 4.10. The maximum Gasteiger partial charge on any atom is 0.0651 e. The van der Waals surface area contributed by atoms with Gasteiger partial charge in [0.25, 0.3) is 0 Å². The molecule has 0 aliphatic carbocycles. The van der Waals surface area contributed by atoms with E-state index in [9.17, 15) is 0 Å². The van der Waals surface area contributed by atoms with Crippen LogP contribution in [0.3, 0.4) is 0 Å². The normalized spacial score (nSPS) is 12.4. The van der Waals surface area contributed by atoms with Gasteiger partial charge in [-0.05, 0) is 42.7 Å². The lowest BCUT2D eigenvalue weighted by atomic mass is 10.1. The van der Waals surface area contributed by atoms with Crippen LogP contribution < -0.4 is 0 Å². The second-order valence-electron chi connectivity index (χ2n) is 4.52. The molecule has 1 atom stereocenters.